The standard InChI is InChI=1S/C21H26N4OS/c1-14(2)20(26)24-21-23-16(13-27-21)12-25-9-7-15(8-10-25)18-11-22-19-6-4-3-5-17(18)19/h3-6,11,13-15,22H,7-10,12H2,1-2H3,(H,23,24,26). The average Bonchev–Trinajstić information content (AvgIpc) is 3.29. The van der Waals surface area contributed by atoms with Crippen LogP contribution in [0.25, 0.3) is 10.9 Å². The molecule has 3 heterocycles. The van der Waals surface area contributed by atoms with Gasteiger partial charge in [0.15, 0.2) is 5.13 Å². The molecule has 1 saturated heterocycles. The third kappa shape index (κ3) is 4.06. The Bertz CT molecular complexity index is 921. The number of aromatic nitrogens is 2. The van der Waals surface area contributed by atoms with Gasteiger partial charge in [0.1, 0.15) is 0 Å². The first-order chi connectivity index (χ1) is 13.1. The molecule has 2 N–H and O–H groups in total. The van der Waals surface area contributed by atoms with Crippen LogP contribution in [0.5, 0.6) is 0 Å². The lowest BCUT2D eigenvalue weighted by Gasteiger charge is -2.31. The highest BCUT2D eigenvalue weighted by atomic mass is 32.1. The third-order valence-corrected chi connectivity index (χ3v) is 6.15. The number of H-pyrrole nitrogens is 1. The van der Waals surface area contributed by atoms with E-state index in [2.05, 4.69) is 56.0 Å². The topological polar surface area (TPSA) is 61.0 Å². The molecule has 1 aliphatic heterocycles. The van der Waals surface area contributed by atoms with Crippen LogP contribution in [0.4, 0.5) is 5.13 Å². The Hall–Kier alpha value is -2.18. The molecule has 142 valence electrons. The van der Waals surface area contributed by atoms with E-state index in [1.807, 2.05) is 13.8 Å². The van der Waals surface area contributed by atoms with Crippen molar-refractivity contribution in [2.24, 2.45) is 5.92 Å². The Morgan fingerprint density at radius 2 is 2.11 bits per heavy atom. The van der Waals surface area contributed by atoms with Crippen LogP contribution in [0, 0.1) is 5.92 Å². The summed E-state index contributed by atoms with van der Waals surface area (Å²) in [5, 5.41) is 7.01. The number of hydrogen-bond donors (Lipinski definition) is 2. The summed E-state index contributed by atoms with van der Waals surface area (Å²) in [7, 11) is 0. The maximum atomic E-state index is 11.8. The normalized spacial score (nSPS) is 16.3. The van der Waals surface area contributed by atoms with Crippen molar-refractivity contribution in [2.75, 3.05) is 18.4 Å². The summed E-state index contributed by atoms with van der Waals surface area (Å²) in [6.07, 6.45) is 4.53. The van der Waals surface area contributed by atoms with Crippen LogP contribution in [0.1, 0.15) is 43.9 Å². The number of aromatic amines is 1. The number of para-hydroxylation sites is 1. The van der Waals surface area contributed by atoms with Crippen molar-refractivity contribution in [2.45, 2.75) is 39.2 Å². The molecule has 0 spiro atoms. The molecule has 27 heavy (non-hydrogen) atoms. The molecular weight excluding hydrogens is 356 g/mol. The summed E-state index contributed by atoms with van der Waals surface area (Å²) in [4.78, 5) is 22.2. The molecule has 4 rings (SSSR count). The molecule has 1 aliphatic rings. The van der Waals surface area contributed by atoms with Gasteiger partial charge in [-0.15, -0.1) is 11.3 Å². The van der Waals surface area contributed by atoms with Crippen molar-refractivity contribution in [3.05, 3.63) is 47.1 Å². The zero-order valence-corrected chi connectivity index (χ0v) is 16.7. The van der Waals surface area contributed by atoms with Crippen LogP contribution < -0.4 is 5.32 Å². The number of amides is 1. The molecule has 0 bridgehead atoms. The molecule has 0 saturated carbocycles. The number of carbonyl (C=O) groups is 1. The molecular formula is C21H26N4OS. The van der Waals surface area contributed by atoms with E-state index in [9.17, 15) is 4.79 Å². The van der Waals surface area contributed by atoms with Gasteiger partial charge < -0.3 is 10.3 Å². The zero-order chi connectivity index (χ0) is 18.8. The maximum absolute atomic E-state index is 11.8. The zero-order valence-electron chi connectivity index (χ0n) is 15.9. The van der Waals surface area contributed by atoms with Crippen LogP contribution in [0.15, 0.2) is 35.8 Å². The van der Waals surface area contributed by atoms with E-state index in [-0.39, 0.29) is 11.8 Å². The number of anilines is 1. The summed E-state index contributed by atoms with van der Waals surface area (Å²) < 4.78 is 0. The number of benzene rings is 1. The number of likely N-dealkylation sites (tertiary alicyclic amines) is 1. The average molecular weight is 383 g/mol. The van der Waals surface area contributed by atoms with E-state index in [0.29, 0.717) is 11.0 Å². The van der Waals surface area contributed by atoms with Gasteiger partial charge in [0.2, 0.25) is 5.91 Å². The van der Waals surface area contributed by atoms with E-state index in [1.165, 1.54) is 40.6 Å². The van der Waals surface area contributed by atoms with Crippen molar-refractivity contribution >= 4 is 33.3 Å². The second-order valence-electron chi connectivity index (χ2n) is 7.63. The summed E-state index contributed by atoms with van der Waals surface area (Å²) in [5.41, 5.74) is 3.73. The van der Waals surface area contributed by atoms with E-state index in [1.54, 1.807) is 0 Å². The molecule has 1 fully saturated rings. The van der Waals surface area contributed by atoms with Gasteiger partial charge in [0, 0.05) is 34.9 Å². The highest BCUT2D eigenvalue weighted by Gasteiger charge is 2.23. The molecule has 1 aromatic carbocycles. The monoisotopic (exact) mass is 382 g/mol. The second kappa shape index (κ2) is 7.82. The SMILES string of the molecule is CC(C)C(=O)Nc1nc(CN2CCC(c3c[nH]c4ccccc34)CC2)cs1. The molecule has 0 aliphatic carbocycles. The van der Waals surface area contributed by atoms with Crippen LogP contribution in [-0.4, -0.2) is 33.9 Å². The second-order valence-corrected chi connectivity index (χ2v) is 8.49. The van der Waals surface area contributed by atoms with Gasteiger partial charge in [0.05, 0.1) is 5.69 Å². The van der Waals surface area contributed by atoms with E-state index >= 15 is 0 Å². The van der Waals surface area contributed by atoms with Gasteiger partial charge in [-0.05, 0) is 43.5 Å². The number of hydrogen-bond acceptors (Lipinski definition) is 4. The largest absolute Gasteiger partial charge is 0.361 e. The fourth-order valence-electron chi connectivity index (χ4n) is 3.75. The van der Waals surface area contributed by atoms with Crippen molar-refractivity contribution in [3.8, 4) is 0 Å². The van der Waals surface area contributed by atoms with Gasteiger partial charge in [-0.3, -0.25) is 9.69 Å². The van der Waals surface area contributed by atoms with E-state index in [4.69, 9.17) is 0 Å². The molecule has 5 nitrogen and oxygen atoms in total. The van der Waals surface area contributed by atoms with Crippen LogP contribution in [-0.2, 0) is 11.3 Å². The Morgan fingerprint density at radius 3 is 2.89 bits per heavy atom. The summed E-state index contributed by atoms with van der Waals surface area (Å²) in [5.74, 6) is 0.616. The van der Waals surface area contributed by atoms with Gasteiger partial charge in [-0.25, -0.2) is 4.98 Å². The molecule has 3 aromatic rings. The predicted octanol–water partition coefficient (Wildman–Crippen LogP) is 4.60. The first-order valence-corrected chi connectivity index (χ1v) is 10.5. The molecule has 2 aromatic heterocycles. The van der Waals surface area contributed by atoms with Crippen LogP contribution in [0.3, 0.4) is 0 Å². The van der Waals surface area contributed by atoms with Crippen LogP contribution in [0.2, 0.25) is 0 Å². The highest BCUT2D eigenvalue weighted by Crippen LogP contribution is 2.33. The van der Waals surface area contributed by atoms with Crippen molar-refractivity contribution in [3.63, 3.8) is 0 Å². The molecule has 0 unspecified atom stereocenters. The van der Waals surface area contributed by atoms with E-state index in [0.717, 1.165) is 25.3 Å². The summed E-state index contributed by atoms with van der Waals surface area (Å²) >= 11 is 1.51. The number of rotatable bonds is 5. The number of piperidine rings is 1. The summed E-state index contributed by atoms with van der Waals surface area (Å²) in [6.45, 7) is 6.79. The quantitative estimate of drug-likeness (QED) is 0.678. The number of nitrogens with zero attached hydrogens (tertiary/aromatic N) is 2. The third-order valence-electron chi connectivity index (χ3n) is 5.34. The molecule has 0 atom stereocenters. The minimum atomic E-state index is -0.0270. The lowest BCUT2D eigenvalue weighted by molar-refractivity contribution is -0.118. The Balaban J connectivity index is 1.33. The number of carbonyl (C=O) groups excluding carboxylic acids is 1. The first kappa shape index (κ1) is 18.2. The minimum absolute atomic E-state index is 0.0236. The maximum Gasteiger partial charge on any atom is 0.228 e. The fraction of sp³-hybridized carbons (Fsp3) is 0.429. The van der Waals surface area contributed by atoms with E-state index < -0.39 is 0 Å². The number of nitrogens with one attached hydrogen (secondary N) is 2. The molecule has 0 radical (unpaired) electrons. The highest BCUT2D eigenvalue weighted by molar-refractivity contribution is 7.13. The van der Waals surface area contributed by atoms with Gasteiger partial charge in [-0.2, -0.15) is 0 Å². The first-order valence-electron chi connectivity index (χ1n) is 9.64. The van der Waals surface area contributed by atoms with Crippen LogP contribution >= 0.6 is 11.3 Å². The van der Waals surface area contributed by atoms with Gasteiger partial charge >= 0.3 is 0 Å². The lowest BCUT2D eigenvalue weighted by Crippen LogP contribution is -2.32. The van der Waals surface area contributed by atoms with Gasteiger partial charge in [0.25, 0.3) is 0 Å². The smallest absolute Gasteiger partial charge is 0.228 e. The van der Waals surface area contributed by atoms with Gasteiger partial charge in [-0.1, -0.05) is 32.0 Å². The molecule has 1 amide bonds. The summed E-state index contributed by atoms with van der Waals surface area (Å²) in [6, 6.07) is 8.56. The van der Waals surface area contributed by atoms with Crippen molar-refractivity contribution < 1.29 is 4.79 Å². The fourth-order valence-corrected chi connectivity index (χ4v) is 4.45. The Kier molecular flexibility index (Phi) is 5.27. The number of fused-ring (bicyclic) bond motifs is 1. The molecule has 6 heteroatoms. The Morgan fingerprint density at radius 1 is 1.33 bits per heavy atom. The van der Waals surface area contributed by atoms with Crippen molar-refractivity contribution in [1.82, 2.24) is 14.9 Å². The van der Waals surface area contributed by atoms with Crippen molar-refractivity contribution in [1.29, 1.82) is 0 Å². The minimum Gasteiger partial charge on any atom is -0.361 e. The predicted molar refractivity (Wildman–Crippen MR) is 111 cm³/mol. The lowest BCUT2D eigenvalue weighted by atomic mass is 9.89. The number of thiazole rings is 1. The Labute approximate surface area is 163 Å².